The third kappa shape index (κ3) is 6.97. The van der Waals surface area contributed by atoms with Gasteiger partial charge in [0, 0.05) is 11.1 Å². The number of Topliss-reactive ketones (excluding diaryl/α,β-unsaturated/α-hetero) is 1. The molecule has 0 atom stereocenters. The second-order valence-electron chi connectivity index (χ2n) is 7.47. The zero-order valence-corrected chi connectivity index (χ0v) is 18.0. The zero-order chi connectivity index (χ0) is 22.6. The molecular formula is C19H25F3N2O4S. The lowest BCUT2D eigenvalue weighted by molar-refractivity contribution is -0.141. The maximum absolute atomic E-state index is 12.9. The minimum Gasteiger partial charge on any atom is -0.504 e. The van der Waals surface area contributed by atoms with Crippen molar-refractivity contribution in [2.75, 3.05) is 27.2 Å². The first-order valence-corrected chi connectivity index (χ1v) is 9.54. The lowest BCUT2D eigenvalue weighted by Crippen LogP contribution is -2.21. The molecule has 0 radical (unpaired) electrons. The van der Waals surface area contributed by atoms with Gasteiger partial charge in [-0.25, -0.2) is 4.79 Å². The number of hydrogen-bond donors (Lipinski definition) is 1. The summed E-state index contributed by atoms with van der Waals surface area (Å²) in [6.45, 7) is 7.09. The number of carbonyl (C=O) groups excluding carboxylic acids is 2. The Hall–Kier alpha value is -2.20. The van der Waals surface area contributed by atoms with Gasteiger partial charge in [-0.3, -0.25) is 9.79 Å². The van der Waals surface area contributed by atoms with E-state index in [-0.39, 0.29) is 34.9 Å². The normalized spacial score (nSPS) is 13.7. The van der Waals surface area contributed by atoms with Gasteiger partial charge in [0.05, 0.1) is 23.7 Å². The number of esters is 1. The Kier molecular flexibility index (Phi) is 8.16. The lowest BCUT2D eigenvalue weighted by atomic mass is 9.94. The second kappa shape index (κ2) is 9.53. The predicted octanol–water partition coefficient (Wildman–Crippen LogP) is 4.43. The third-order valence-electron chi connectivity index (χ3n) is 3.52. The summed E-state index contributed by atoms with van der Waals surface area (Å²) in [5.41, 5.74) is -1.32. The fourth-order valence-electron chi connectivity index (χ4n) is 2.11. The van der Waals surface area contributed by atoms with Gasteiger partial charge in [-0.1, -0.05) is 20.8 Å². The number of aliphatic hydroxyl groups is 1. The van der Waals surface area contributed by atoms with Crippen molar-refractivity contribution in [3.05, 3.63) is 27.2 Å². The molecule has 0 bridgehead atoms. The van der Waals surface area contributed by atoms with Gasteiger partial charge in [0.25, 0.3) is 0 Å². The summed E-state index contributed by atoms with van der Waals surface area (Å²) < 4.78 is 43.3. The van der Waals surface area contributed by atoms with Crippen molar-refractivity contribution in [2.45, 2.75) is 39.3 Å². The van der Waals surface area contributed by atoms with Crippen molar-refractivity contribution in [1.82, 2.24) is 4.90 Å². The fraction of sp³-hybridized carbons (Fsp3) is 0.526. The van der Waals surface area contributed by atoms with Crippen LogP contribution in [-0.2, 0) is 14.9 Å². The number of alkyl halides is 3. The number of aliphatic hydroxyl groups excluding tert-OH is 1. The molecule has 0 aromatic carbocycles. The van der Waals surface area contributed by atoms with Gasteiger partial charge < -0.3 is 14.7 Å². The molecule has 162 valence electrons. The average Bonchev–Trinajstić information content (AvgIpc) is 2.98. The number of allylic oxidation sites excluding steroid dienone is 1. The highest BCUT2D eigenvalue weighted by molar-refractivity contribution is 7.14. The minimum absolute atomic E-state index is 0.0843. The van der Waals surface area contributed by atoms with Gasteiger partial charge in [0.15, 0.2) is 5.78 Å². The smallest absolute Gasteiger partial charge is 0.449 e. The highest BCUT2D eigenvalue weighted by Crippen LogP contribution is 2.37. The number of likely N-dealkylation sites (N-methyl/N-ethyl adjacent to an activating group) is 1. The standard InChI is InChI=1S/C19H25F3N2O4S/c1-7-28-17(27)11(16(26)19(20,21)22)9-23-12-8-14(18(2,3)4)29-15(12)13(25)10-24(5)6/h8-9,26H,7,10H2,1-6H3/b16-11+,23-9?. The van der Waals surface area contributed by atoms with E-state index >= 15 is 0 Å². The maximum Gasteiger partial charge on any atom is 0.449 e. The zero-order valence-electron chi connectivity index (χ0n) is 17.2. The van der Waals surface area contributed by atoms with Gasteiger partial charge in [0.1, 0.15) is 5.57 Å². The molecule has 10 heteroatoms. The number of ketones is 1. The van der Waals surface area contributed by atoms with Crippen LogP contribution in [-0.4, -0.2) is 61.4 Å². The van der Waals surface area contributed by atoms with Crippen molar-refractivity contribution >= 4 is 35.0 Å². The highest BCUT2D eigenvalue weighted by atomic mass is 32.1. The van der Waals surface area contributed by atoms with Crippen LogP contribution >= 0.6 is 11.3 Å². The first kappa shape index (κ1) is 24.8. The van der Waals surface area contributed by atoms with Crippen molar-refractivity contribution < 1.29 is 32.6 Å². The molecule has 1 heterocycles. The topological polar surface area (TPSA) is 79.2 Å². The van der Waals surface area contributed by atoms with Crippen LogP contribution in [0.5, 0.6) is 0 Å². The summed E-state index contributed by atoms with van der Waals surface area (Å²) in [6.07, 6.45) is -4.56. The summed E-state index contributed by atoms with van der Waals surface area (Å²) in [5.74, 6) is -3.73. The van der Waals surface area contributed by atoms with Crippen LogP contribution in [0.25, 0.3) is 0 Å². The molecule has 1 N–H and O–H groups in total. The Balaban J connectivity index is 3.50. The van der Waals surface area contributed by atoms with Crippen LogP contribution in [0.15, 0.2) is 22.4 Å². The van der Waals surface area contributed by atoms with Crippen molar-refractivity contribution in [3.63, 3.8) is 0 Å². The molecule has 0 spiro atoms. The van der Waals surface area contributed by atoms with E-state index in [0.717, 1.165) is 4.88 Å². The molecular weight excluding hydrogens is 409 g/mol. The van der Waals surface area contributed by atoms with Gasteiger partial charge >= 0.3 is 12.1 Å². The maximum atomic E-state index is 12.9. The molecule has 0 aliphatic carbocycles. The van der Waals surface area contributed by atoms with E-state index in [0.29, 0.717) is 6.21 Å². The summed E-state index contributed by atoms with van der Waals surface area (Å²) in [7, 11) is 3.42. The van der Waals surface area contributed by atoms with Crippen LogP contribution in [0.4, 0.5) is 18.9 Å². The van der Waals surface area contributed by atoms with Gasteiger partial charge in [-0.15, -0.1) is 11.3 Å². The van der Waals surface area contributed by atoms with E-state index in [2.05, 4.69) is 9.73 Å². The minimum atomic E-state index is -5.15. The van der Waals surface area contributed by atoms with Gasteiger partial charge in [-0.2, -0.15) is 13.2 Å². The molecule has 1 aromatic rings. The van der Waals surface area contributed by atoms with Crippen molar-refractivity contribution in [2.24, 2.45) is 4.99 Å². The number of aliphatic imine (C=N–C) groups is 1. The van der Waals surface area contributed by atoms with E-state index in [1.807, 2.05) is 20.8 Å². The molecule has 0 amide bonds. The Labute approximate surface area is 171 Å². The van der Waals surface area contributed by atoms with Crippen LogP contribution in [0.2, 0.25) is 0 Å². The van der Waals surface area contributed by atoms with Crippen molar-refractivity contribution in [3.8, 4) is 0 Å². The third-order valence-corrected chi connectivity index (χ3v) is 5.11. The predicted molar refractivity (Wildman–Crippen MR) is 106 cm³/mol. The number of nitrogens with zero attached hydrogens (tertiary/aromatic N) is 2. The summed E-state index contributed by atoms with van der Waals surface area (Å²) in [4.78, 5) is 31.1. The molecule has 0 aliphatic heterocycles. The summed E-state index contributed by atoms with van der Waals surface area (Å²) in [5, 5.41) is 9.44. The monoisotopic (exact) mass is 434 g/mol. The van der Waals surface area contributed by atoms with Crippen LogP contribution < -0.4 is 0 Å². The molecule has 0 unspecified atom stereocenters. The molecule has 29 heavy (non-hydrogen) atoms. The van der Waals surface area contributed by atoms with E-state index < -0.39 is 23.5 Å². The van der Waals surface area contributed by atoms with Crippen molar-refractivity contribution in [1.29, 1.82) is 0 Å². The number of hydrogen-bond acceptors (Lipinski definition) is 7. The Morgan fingerprint density at radius 1 is 1.28 bits per heavy atom. The molecule has 0 saturated carbocycles. The summed E-state index contributed by atoms with van der Waals surface area (Å²) >= 11 is 1.19. The van der Waals surface area contributed by atoms with E-state index in [9.17, 15) is 27.9 Å². The number of halogens is 3. The van der Waals surface area contributed by atoms with E-state index in [1.165, 1.54) is 18.3 Å². The van der Waals surface area contributed by atoms with Gasteiger partial charge in [-0.05, 0) is 32.5 Å². The van der Waals surface area contributed by atoms with E-state index in [4.69, 9.17) is 0 Å². The first-order valence-electron chi connectivity index (χ1n) is 8.72. The Morgan fingerprint density at radius 3 is 2.31 bits per heavy atom. The number of thiophene rings is 1. The molecule has 0 saturated heterocycles. The molecule has 0 aliphatic rings. The van der Waals surface area contributed by atoms with E-state index in [1.54, 1.807) is 25.1 Å². The van der Waals surface area contributed by atoms with Gasteiger partial charge in [0.2, 0.25) is 5.76 Å². The quantitative estimate of drug-likeness (QED) is 0.226. The number of carbonyl (C=O) groups is 2. The Morgan fingerprint density at radius 2 is 1.86 bits per heavy atom. The lowest BCUT2D eigenvalue weighted by Gasteiger charge is -2.15. The molecule has 1 aromatic heterocycles. The molecule has 0 fully saturated rings. The molecule has 1 rings (SSSR count). The largest absolute Gasteiger partial charge is 0.504 e. The SMILES string of the molecule is CCOC(=O)/C(C=Nc1cc(C(C)(C)C)sc1C(=O)CN(C)C)=C(/O)C(F)(F)F. The Bertz CT molecular complexity index is 818. The first-order chi connectivity index (χ1) is 13.2. The number of rotatable bonds is 7. The molecule has 6 nitrogen and oxygen atoms in total. The fourth-order valence-corrected chi connectivity index (χ4v) is 3.20. The average molecular weight is 434 g/mol. The van der Waals surface area contributed by atoms with Crippen LogP contribution in [0.3, 0.4) is 0 Å². The van der Waals surface area contributed by atoms with Crippen LogP contribution in [0.1, 0.15) is 42.2 Å². The second-order valence-corrected chi connectivity index (χ2v) is 8.53. The highest BCUT2D eigenvalue weighted by Gasteiger charge is 2.38. The van der Waals surface area contributed by atoms with Crippen LogP contribution in [0, 0.1) is 0 Å². The number of ether oxygens (including phenoxy) is 1. The summed E-state index contributed by atoms with van der Waals surface area (Å²) in [6, 6.07) is 1.59.